The van der Waals surface area contributed by atoms with E-state index in [1.54, 1.807) is 0 Å². The van der Waals surface area contributed by atoms with E-state index in [0.717, 1.165) is 16.8 Å². The molecule has 4 aromatic carbocycles. The van der Waals surface area contributed by atoms with Gasteiger partial charge in [-0.15, -0.1) is 23.8 Å². The van der Waals surface area contributed by atoms with E-state index in [1.807, 2.05) is 0 Å². The van der Waals surface area contributed by atoms with E-state index in [9.17, 15) is 0 Å². The van der Waals surface area contributed by atoms with Crippen LogP contribution in [0.25, 0.3) is 66.2 Å². The van der Waals surface area contributed by atoms with Crippen molar-refractivity contribution in [2.45, 2.75) is 0 Å². The number of hydrogen-bond donors (Lipinski definition) is 0. The van der Waals surface area contributed by atoms with Crippen LogP contribution < -0.4 is 0 Å². The number of aromatic nitrogens is 2. The monoisotopic (exact) mass is 574 g/mol. The zero-order chi connectivity index (χ0) is 19.8. The van der Waals surface area contributed by atoms with Crippen molar-refractivity contribution in [1.29, 1.82) is 0 Å². The van der Waals surface area contributed by atoms with Gasteiger partial charge in [0.2, 0.25) is 0 Å². The molecule has 0 atom stereocenters. The summed E-state index contributed by atoms with van der Waals surface area (Å²) < 4.78 is 2.26. The Morgan fingerprint density at radius 2 is 1.45 bits per heavy atom. The van der Waals surface area contributed by atoms with Gasteiger partial charge in [-0.25, -0.2) is 0 Å². The number of nitrogens with zero attached hydrogens (tertiary/aromatic N) is 2. The molecule has 149 valence electrons. The summed E-state index contributed by atoms with van der Waals surface area (Å²) in [6, 6.07) is 33.7. The average molecular weight is 574 g/mol. The summed E-state index contributed by atoms with van der Waals surface area (Å²) >= 11 is 0. The van der Waals surface area contributed by atoms with Crippen molar-refractivity contribution in [2.75, 3.05) is 0 Å². The zero-order valence-corrected chi connectivity index (χ0v) is 19.2. The standard InChI is InChI=1S/C28H17N2.Ir/c1-30-26-12-5-4-9-20(26)21-14-13-17(15-27(21)30)25-16-23-19-8-3-2-7-18(19)22-10-6-11-24(29-25)28(22)23;/h2-12,14-16H,1H3;/q-1;. The van der Waals surface area contributed by atoms with Gasteiger partial charge in [0.05, 0.1) is 5.52 Å². The number of benzene rings is 4. The van der Waals surface area contributed by atoms with Gasteiger partial charge in [0.1, 0.15) is 0 Å². The molecule has 0 amide bonds. The van der Waals surface area contributed by atoms with Crippen molar-refractivity contribution in [3.63, 3.8) is 0 Å². The molecule has 6 aromatic rings. The summed E-state index contributed by atoms with van der Waals surface area (Å²) in [5.41, 5.74) is 10.6. The van der Waals surface area contributed by atoms with Crippen LogP contribution in [0.5, 0.6) is 0 Å². The number of rotatable bonds is 1. The third-order valence-electron chi connectivity index (χ3n) is 6.46. The molecule has 7 rings (SSSR count). The van der Waals surface area contributed by atoms with Gasteiger partial charge in [0, 0.05) is 38.1 Å². The predicted octanol–water partition coefficient (Wildman–Crippen LogP) is 6.99. The third kappa shape index (κ3) is 2.45. The molecular weight excluding hydrogens is 557 g/mol. The van der Waals surface area contributed by atoms with E-state index in [-0.39, 0.29) is 20.1 Å². The Balaban J connectivity index is 0.00000185. The van der Waals surface area contributed by atoms with Crippen LogP contribution in [0, 0.1) is 6.07 Å². The van der Waals surface area contributed by atoms with Crippen LogP contribution in [-0.2, 0) is 27.2 Å². The topological polar surface area (TPSA) is 17.8 Å². The van der Waals surface area contributed by atoms with Crippen LogP contribution in [-0.4, -0.2) is 9.55 Å². The summed E-state index contributed by atoms with van der Waals surface area (Å²) in [5.74, 6) is 0. The number of aryl methyl sites for hydroxylation is 1. The average Bonchev–Trinajstić information content (AvgIpc) is 3.28. The second kappa shape index (κ2) is 6.62. The van der Waals surface area contributed by atoms with Gasteiger partial charge in [-0.2, -0.15) is 0 Å². The van der Waals surface area contributed by atoms with Gasteiger partial charge in [-0.1, -0.05) is 66.0 Å². The quantitative estimate of drug-likeness (QED) is 0.194. The molecule has 0 fully saturated rings. The van der Waals surface area contributed by atoms with Crippen LogP contribution in [0.1, 0.15) is 0 Å². The molecule has 0 aliphatic heterocycles. The molecule has 2 heterocycles. The normalized spacial score (nSPS) is 11.8. The van der Waals surface area contributed by atoms with Gasteiger partial charge < -0.3 is 4.57 Å². The van der Waals surface area contributed by atoms with E-state index in [0.29, 0.717) is 0 Å². The smallest absolute Gasteiger partial charge is 0.0607 e. The zero-order valence-electron chi connectivity index (χ0n) is 16.8. The van der Waals surface area contributed by atoms with E-state index in [2.05, 4.69) is 103 Å². The Morgan fingerprint density at radius 1 is 0.710 bits per heavy atom. The number of para-hydroxylation sites is 1. The maximum Gasteiger partial charge on any atom is 0.0607 e. The predicted molar refractivity (Wildman–Crippen MR) is 124 cm³/mol. The second-order valence-electron chi connectivity index (χ2n) is 8.02. The first kappa shape index (κ1) is 18.5. The van der Waals surface area contributed by atoms with Crippen molar-refractivity contribution in [3.8, 4) is 33.5 Å². The number of hydrogen-bond acceptors (Lipinski definition) is 1. The Hall–Kier alpha value is -3.26. The van der Waals surface area contributed by atoms with E-state index in [1.165, 1.54) is 49.4 Å². The SMILES string of the molecule is Cn1c2ccccc2c2c[c-]c(-c3cc4c5c(cccc5n3)-c3ccccc3-4)cc21.[Ir]. The van der Waals surface area contributed by atoms with Crippen molar-refractivity contribution in [1.82, 2.24) is 9.55 Å². The molecule has 0 saturated heterocycles. The molecule has 2 aromatic heterocycles. The molecule has 31 heavy (non-hydrogen) atoms. The van der Waals surface area contributed by atoms with Crippen LogP contribution in [0.3, 0.4) is 0 Å². The Labute approximate surface area is 193 Å². The molecule has 1 aliphatic rings. The van der Waals surface area contributed by atoms with E-state index in [4.69, 9.17) is 4.98 Å². The largest absolute Gasteiger partial charge is 0.361 e. The van der Waals surface area contributed by atoms with Crippen molar-refractivity contribution < 1.29 is 20.1 Å². The first-order valence-corrected chi connectivity index (χ1v) is 10.2. The van der Waals surface area contributed by atoms with Crippen LogP contribution in [0.4, 0.5) is 0 Å². The fraction of sp³-hybridized carbons (Fsp3) is 0.0357. The Kier molecular flexibility index (Phi) is 3.95. The molecule has 1 aliphatic carbocycles. The summed E-state index contributed by atoms with van der Waals surface area (Å²) in [7, 11) is 2.13. The van der Waals surface area contributed by atoms with Crippen molar-refractivity contribution >= 4 is 32.7 Å². The second-order valence-corrected chi connectivity index (χ2v) is 8.02. The summed E-state index contributed by atoms with van der Waals surface area (Å²) in [6.07, 6.45) is 0. The molecular formula is C28H17IrN2-. The molecule has 0 unspecified atom stereocenters. The molecule has 0 N–H and O–H groups in total. The molecule has 3 heteroatoms. The minimum absolute atomic E-state index is 0. The van der Waals surface area contributed by atoms with Crippen molar-refractivity contribution in [2.24, 2.45) is 7.05 Å². The summed E-state index contributed by atoms with van der Waals surface area (Å²) in [5, 5.41) is 3.75. The maximum atomic E-state index is 5.04. The van der Waals surface area contributed by atoms with E-state index < -0.39 is 0 Å². The molecule has 0 bridgehead atoms. The third-order valence-corrected chi connectivity index (χ3v) is 6.46. The first-order valence-electron chi connectivity index (χ1n) is 10.2. The van der Waals surface area contributed by atoms with Crippen molar-refractivity contribution in [3.05, 3.63) is 91.0 Å². The Bertz CT molecular complexity index is 1660. The fourth-order valence-electron chi connectivity index (χ4n) is 5.06. The van der Waals surface area contributed by atoms with Gasteiger partial charge in [0.15, 0.2) is 0 Å². The molecule has 0 saturated carbocycles. The fourth-order valence-corrected chi connectivity index (χ4v) is 5.06. The van der Waals surface area contributed by atoms with Gasteiger partial charge in [-0.05, 0) is 51.0 Å². The first-order chi connectivity index (χ1) is 14.8. The molecule has 2 nitrogen and oxygen atoms in total. The summed E-state index contributed by atoms with van der Waals surface area (Å²) in [4.78, 5) is 5.04. The minimum Gasteiger partial charge on any atom is -0.361 e. The van der Waals surface area contributed by atoms with E-state index >= 15 is 0 Å². The maximum absolute atomic E-state index is 5.04. The number of pyridine rings is 1. The van der Waals surface area contributed by atoms with Crippen LogP contribution in [0.15, 0.2) is 84.9 Å². The van der Waals surface area contributed by atoms with Gasteiger partial charge in [-0.3, -0.25) is 4.98 Å². The summed E-state index contributed by atoms with van der Waals surface area (Å²) in [6.45, 7) is 0. The minimum atomic E-state index is 0. The van der Waals surface area contributed by atoms with Crippen LogP contribution in [0.2, 0.25) is 0 Å². The van der Waals surface area contributed by atoms with Gasteiger partial charge in [0.25, 0.3) is 0 Å². The molecule has 1 radical (unpaired) electrons. The molecule has 0 spiro atoms. The van der Waals surface area contributed by atoms with Crippen LogP contribution >= 0.6 is 0 Å². The number of fused-ring (bicyclic) bond motifs is 6. The van der Waals surface area contributed by atoms with Gasteiger partial charge >= 0.3 is 0 Å². The Morgan fingerprint density at radius 3 is 2.32 bits per heavy atom.